The molecule has 1 aliphatic rings. The molecule has 2 N–H and O–H groups in total. The summed E-state index contributed by atoms with van der Waals surface area (Å²) in [4.78, 5) is 10.2. The van der Waals surface area contributed by atoms with Gasteiger partial charge in [0.1, 0.15) is 5.83 Å². The van der Waals surface area contributed by atoms with Crippen molar-refractivity contribution < 1.29 is 14.3 Å². The Morgan fingerprint density at radius 2 is 2.40 bits per heavy atom. The fraction of sp³-hybridized carbons (Fsp3) is 0.500. The third-order valence-electron chi connectivity index (χ3n) is 1.42. The molecular weight excluding hydrogens is 137 g/mol. The minimum Gasteiger partial charge on any atom is -0.478 e. The fourth-order valence-corrected chi connectivity index (χ4v) is 0.877. The monoisotopic (exact) mass is 145 g/mol. The molecule has 0 atom stereocenters. The predicted molar refractivity (Wildman–Crippen MR) is 33.3 cm³/mol. The van der Waals surface area contributed by atoms with E-state index in [1.807, 2.05) is 0 Å². The van der Waals surface area contributed by atoms with Crippen LogP contribution in [-0.2, 0) is 4.79 Å². The molecule has 0 radical (unpaired) electrons. The highest BCUT2D eigenvalue weighted by molar-refractivity contribution is 5.87. The van der Waals surface area contributed by atoms with Crippen LogP contribution in [-0.4, -0.2) is 24.2 Å². The lowest BCUT2D eigenvalue weighted by atomic mass is 10.1. The number of halogens is 1. The molecule has 0 aliphatic carbocycles. The molecule has 4 heteroatoms. The number of hydrogen-bond donors (Lipinski definition) is 2. The summed E-state index contributed by atoms with van der Waals surface area (Å²) in [6, 6.07) is 0. The van der Waals surface area contributed by atoms with Gasteiger partial charge >= 0.3 is 5.97 Å². The molecule has 0 spiro atoms. The van der Waals surface area contributed by atoms with Gasteiger partial charge in [0.05, 0.1) is 5.57 Å². The summed E-state index contributed by atoms with van der Waals surface area (Å²) in [6.45, 7) is 0.608. The molecule has 3 nitrogen and oxygen atoms in total. The summed E-state index contributed by atoms with van der Waals surface area (Å²) < 4.78 is 12.5. The van der Waals surface area contributed by atoms with Gasteiger partial charge in [0.2, 0.25) is 0 Å². The normalized spacial score (nSPS) is 19.3. The Labute approximate surface area is 57.5 Å². The number of carboxylic acid groups (broad SMARTS) is 1. The van der Waals surface area contributed by atoms with Crippen molar-refractivity contribution in [1.29, 1.82) is 0 Å². The van der Waals surface area contributed by atoms with E-state index in [0.29, 0.717) is 6.54 Å². The first-order chi connectivity index (χ1) is 4.72. The first-order valence-corrected chi connectivity index (χ1v) is 3.03. The summed E-state index contributed by atoms with van der Waals surface area (Å²) in [7, 11) is 0. The van der Waals surface area contributed by atoms with Crippen molar-refractivity contribution in [1.82, 2.24) is 5.32 Å². The summed E-state index contributed by atoms with van der Waals surface area (Å²) in [6.07, 6.45) is 0.279. The Hall–Kier alpha value is -0.900. The van der Waals surface area contributed by atoms with E-state index in [0.717, 1.165) is 0 Å². The summed E-state index contributed by atoms with van der Waals surface area (Å²) in [5.74, 6) is -1.68. The number of hydrogen-bond acceptors (Lipinski definition) is 2. The zero-order chi connectivity index (χ0) is 7.56. The number of rotatable bonds is 1. The number of nitrogens with one attached hydrogen (secondary N) is 1. The van der Waals surface area contributed by atoms with Crippen molar-refractivity contribution in [2.45, 2.75) is 6.42 Å². The molecule has 0 unspecified atom stereocenters. The van der Waals surface area contributed by atoms with Gasteiger partial charge in [-0.05, 0) is 13.0 Å². The smallest absolute Gasteiger partial charge is 0.334 e. The highest BCUT2D eigenvalue weighted by Crippen LogP contribution is 2.12. The SMILES string of the molecule is O=C(O)C1=C(F)CNCC1. The molecule has 0 saturated heterocycles. The van der Waals surface area contributed by atoms with Gasteiger partial charge in [0.15, 0.2) is 0 Å². The van der Waals surface area contributed by atoms with Gasteiger partial charge in [-0.3, -0.25) is 0 Å². The Kier molecular flexibility index (Phi) is 2.01. The van der Waals surface area contributed by atoms with Crippen LogP contribution in [0, 0.1) is 0 Å². The van der Waals surface area contributed by atoms with Crippen LogP contribution in [0.25, 0.3) is 0 Å². The lowest BCUT2D eigenvalue weighted by Crippen LogP contribution is -2.26. The molecule has 0 aromatic heterocycles. The topological polar surface area (TPSA) is 49.3 Å². The first kappa shape index (κ1) is 7.21. The van der Waals surface area contributed by atoms with Crippen LogP contribution in [0.15, 0.2) is 11.4 Å². The van der Waals surface area contributed by atoms with Crippen LogP contribution < -0.4 is 5.32 Å². The van der Waals surface area contributed by atoms with Crippen LogP contribution >= 0.6 is 0 Å². The van der Waals surface area contributed by atoms with Crippen molar-refractivity contribution in [3.63, 3.8) is 0 Å². The largest absolute Gasteiger partial charge is 0.478 e. The van der Waals surface area contributed by atoms with Gasteiger partial charge in [0, 0.05) is 6.54 Å². The second kappa shape index (κ2) is 2.79. The fourth-order valence-electron chi connectivity index (χ4n) is 0.877. The van der Waals surface area contributed by atoms with Crippen LogP contribution in [0.1, 0.15) is 6.42 Å². The molecule has 0 bridgehead atoms. The zero-order valence-corrected chi connectivity index (χ0v) is 5.35. The average Bonchev–Trinajstić information content (AvgIpc) is 1.88. The van der Waals surface area contributed by atoms with E-state index < -0.39 is 11.8 Å². The Balaban J connectivity index is 2.78. The van der Waals surface area contributed by atoms with Gasteiger partial charge in [-0.2, -0.15) is 0 Å². The van der Waals surface area contributed by atoms with E-state index in [-0.39, 0.29) is 18.5 Å². The second-order valence-corrected chi connectivity index (χ2v) is 2.12. The molecule has 0 fully saturated rings. The Morgan fingerprint density at radius 1 is 1.70 bits per heavy atom. The predicted octanol–water partition coefficient (Wildman–Crippen LogP) is 0.288. The van der Waals surface area contributed by atoms with E-state index in [1.54, 1.807) is 0 Å². The van der Waals surface area contributed by atoms with E-state index in [9.17, 15) is 9.18 Å². The molecule has 1 aliphatic heterocycles. The second-order valence-electron chi connectivity index (χ2n) is 2.12. The molecule has 0 amide bonds. The maximum absolute atomic E-state index is 12.5. The highest BCUT2D eigenvalue weighted by atomic mass is 19.1. The van der Waals surface area contributed by atoms with Crippen LogP contribution in [0.5, 0.6) is 0 Å². The van der Waals surface area contributed by atoms with E-state index in [1.165, 1.54) is 0 Å². The summed E-state index contributed by atoms with van der Waals surface area (Å²) in [5.41, 5.74) is -0.0845. The van der Waals surface area contributed by atoms with Gasteiger partial charge < -0.3 is 10.4 Å². The molecule has 0 aromatic carbocycles. The third-order valence-corrected chi connectivity index (χ3v) is 1.42. The van der Waals surface area contributed by atoms with Crippen molar-refractivity contribution in [2.75, 3.05) is 13.1 Å². The molecule has 1 heterocycles. The van der Waals surface area contributed by atoms with E-state index in [2.05, 4.69) is 5.32 Å². The summed E-state index contributed by atoms with van der Waals surface area (Å²) in [5, 5.41) is 11.1. The van der Waals surface area contributed by atoms with Gasteiger partial charge in [-0.25, -0.2) is 9.18 Å². The number of carboxylic acids is 1. The molecule has 56 valence electrons. The Bertz CT molecular complexity index is 188. The van der Waals surface area contributed by atoms with Gasteiger partial charge in [-0.1, -0.05) is 0 Å². The van der Waals surface area contributed by atoms with Gasteiger partial charge in [-0.15, -0.1) is 0 Å². The lowest BCUT2D eigenvalue weighted by molar-refractivity contribution is -0.133. The molecule has 0 saturated carbocycles. The van der Waals surface area contributed by atoms with Crippen LogP contribution in [0.2, 0.25) is 0 Å². The maximum atomic E-state index is 12.5. The van der Waals surface area contributed by atoms with Gasteiger partial charge in [0.25, 0.3) is 0 Å². The van der Waals surface area contributed by atoms with Crippen molar-refractivity contribution in [2.24, 2.45) is 0 Å². The third kappa shape index (κ3) is 1.33. The average molecular weight is 145 g/mol. The molecule has 0 aromatic rings. The Morgan fingerprint density at radius 3 is 2.80 bits per heavy atom. The highest BCUT2D eigenvalue weighted by Gasteiger charge is 2.17. The molecule has 10 heavy (non-hydrogen) atoms. The zero-order valence-electron chi connectivity index (χ0n) is 5.35. The summed E-state index contributed by atoms with van der Waals surface area (Å²) >= 11 is 0. The minimum atomic E-state index is -1.14. The van der Waals surface area contributed by atoms with Crippen molar-refractivity contribution >= 4 is 5.97 Å². The number of aliphatic carboxylic acids is 1. The van der Waals surface area contributed by atoms with Crippen LogP contribution in [0.4, 0.5) is 4.39 Å². The first-order valence-electron chi connectivity index (χ1n) is 3.03. The van der Waals surface area contributed by atoms with E-state index in [4.69, 9.17) is 5.11 Å². The quantitative estimate of drug-likeness (QED) is 0.557. The lowest BCUT2D eigenvalue weighted by Gasteiger charge is -2.11. The van der Waals surface area contributed by atoms with E-state index >= 15 is 0 Å². The van der Waals surface area contributed by atoms with Crippen LogP contribution in [0.3, 0.4) is 0 Å². The molecule has 1 rings (SSSR count). The van der Waals surface area contributed by atoms with Crippen molar-refractivity contribution in [3.05, 3.63) is 11.4 Å². The van der Waals surface area contributed by atoms with Crippen molar-refractivity contribution in [3.8, 4) is 0 Å². The molecular formula is C6H8FNO2. The minimum absolute atomic E-state index is 0.0572. The number of carbonyl (C=O) groups is 1. The standard InChI is InChI=1S/C6H8FNO2/c7-5-3-8-2-1-4(5)6(9)10/h8H,1-3H2,(H,9,10). The maximum Gasteiger partial charge on any atom is 0.334 e.